The van der Waals surface area contributed by atoms with Crippen LogP contribution < -0.4 is 0 Å². The van der Waals surface area contributed by atoms with Crippen molar-refractivity contribution in [1.29, 1.82) is 0 Å². The van der Waals surface area contributed by atoms with E-state index in [2.05, 4.69) is 16.0 Å². The van der Waals surface area contributed by atoms with Gasteiger partial charge in [-0.1, -0.05) is 48.9 Å². The highest BCUT2D eigenvalue weighted by atomic mass is 19.1. The Morgan fingerprint density at radius 3 is 2.53 bits per heavy atom. The number of likely N-dealkylation sites (tertiary alicyclic amines) is 1. The highest BCUT2D eigenvalue weighted by molar-refractivity contribution is 5.94. The van der Waals surface area contributed by atoms with Crippen molar-refractivity contribution >= 4 is 5.91 Å². The Labute approximate surface area is 188 Å². The number of rotatable bonds is 5. The maximum atomic E-state index is 14.5. The molecule has 2 heterocycles. The molecule has 1 amide bonds. The molecular formula is C26H29FN4O. The van der Waals surface area contributed by atoms with E-state index in [9.17, 15) is 9.18 Å². The predicted octanol–water partition coefficient (Wildman–Crippen LogP) is 5.02. The Kier molecular flexibility index (Phi) is 6.61. The summed E-state index contributed by atoms with van der Waals surface area (Å²) in [6, 6.07) is 15.0. The van der Waals surface area contributed by atoms with Crippen molar-refractivity contribution in [3.05, 3.63) is 83.2 Å². The van der Waals surface area contributed by atoms with Crippen molar-refractivity contribution in [2.75, 3.05) is 20.6 Å². The Morgan fingerprint density at radius 2 is 1.81 bits per heavy atom. The van der Waals surface area contributed by atoms with Gasteiger partial charge in [0.1, 0.15) is 11.6 Å². The summed E-state index contributed by atoms with van der Waals surface area (Å²) in [4.78, 5) is 25.6. The van der Waals surface area contributed by atoms with E-state index in [1.165, 1.54) is 11.0 Å². The average molecular weight is 433 g/mol. The molecule has 1 fully saturated rings. The monoisotopic (exact) mass is 432 g/mol. The van der Waals surface area contributed by atoms with E-state index >= 15 is 0 Å². The van der Waals surface area contributed by atoms with Crippen LogP contribution >= 0.6 is 0 Å². The van der Waals surface area contributed by atoms with E-state index in [-0.39, 0.29) is 17.8 Å². The van der Waals surface area contributed by atoms with E-state index in [0.717, 1.165) is 42.8 Å². The molecule has 0 saturated carbocycles. The number of halogens is 1. The minimum atomic E-state index is -0.213. The van der Waals surface area contributed by atoms with Crippen molar-refractivity contribution in [2.45, 2.75) is 38.8 Å². The Balaban J connectivity index is 1.63. The lowest BCUT2D eigenvalue weighted by Gasteiger charge is -2.35. The molecular weight excluding hydrogens is 403 g/mol. The van der Waals surface area contributed by atoms with Crippen LogP contribution in [0.5, 0.6) is 0 Å². The molecule has 0 spiro atoms. The maximum absolute atomic E-state index is 14.5. The summed E-state index contributed by atoms with van der Waals surface area (Å²) in [5, 5.41) is 0. The zero-order valence-corrected chi connectivity index (χ0v) is 18.9. The molecule has 1 atom stereocenters. The normalized spacial score (nSPS) is 16.7. The molecule has 1 aromatic heterocycles. The van der Waals surface area contributed by atoms with Gasteiger partial charge in [-0.15, -0.1) is 0 Å². The van der Waals surface area contributed by atoms with Crippen molar-refractivity contribution in [3.63, 3.8) is 0 Å². The summed E-state index contributed by atoms with van der Waals surface area (Å²) in [6.07, 6.45) is 4.83. The standard InChI is InChI=1S/C26H29FN4O/c1-18-22(26(32)30(2)3)16-28-25(29-18)24-14-8-9-15-31(24)17-19-10-4-5-11-20(19)21-12-6-7-13-23(21)27/h4-7,10-13,16,24H,8-9,14-15,17H2,1-3H3/t24-/m0/s1. The zero-order valence-electron chi connectivity index (χ0n) is 18.9. The van der Waals surface area contributed by atoms with Crippen molar-refractivity contribution in [3.8, 4) is 11.1 Å². The van der Waals surface area contributed by atoms with E-state index < -0.39 is 0 Å². The van der Waals surface area contributed by atoms with Gasteiger partial charge >= 0.3 is 0 Å². The second kappa shape index (κ2) is 9.57. The van der Waals surface area contributed by atoms with E-state index in [1.807, 2.05) is 37.3 Å². The number of carbonyl (C=O) groups is 1. The van der Waals surface area contributed by atoms with Gasteiger partial charge in [-0.05, 0) is 43.5 Å². The number of aryl methyl sites for hydroxylation is 1. The zero-order chi connectivity index (χ0) is 22.7. The van der Waals surface area contributed by atoms with Crippen LogP contribution in [0.15, 0.2) is 54.7 Å². The third-order valence-corrected chi connectivity index (χ3v) is 6.10. The second-order valence-electron chi connectivity index (χ2n) is 8.55. The summed E-state index contributed by atoms with van der Waals surface area (Å²) >= 11 is 0. The molecule has 1 saturated heterocycles. The fourth-order valence-electron chi connectivity index (χ4n) is 4.39. The molecule has 6 heteroatoms. The Bertz CT molecular complexity index is 1110. The molecule has 5 nitrogen and oxygen atoms in total. The number of hydrogen-bond acceptors (Lipinski definition) is 4. The van der Waals surface area contributed by atoms with Gasteiger partial charge in [0.2, 0.25) is 0 Å². The van der Waals surface area contributed by atoms with Crippen LogP contribution in [0.1, 0.15) is 52.7 Å². The van der Waals surface area contributed by atoms with Gasteiger partial charge in [0.15, 0.2) is 0 Å². The second-order valence-corrected chi connectivity index (χ2v) is 8.55. The molecule has 1 aliphatic rings. The van der Waals surface area contributed by atoms with Gasteiger partial charge in [-0.25, -0.2) is 14.4 Å². The Morgan fingerprint density at radius 1 is 1.09 bits per heavy atom. The molecule has 32 heavy (non-hydrogen) atoms. The molecule has 166 valence electrons. The van der Waals surface area contributed by atoms with Crippen LogP contribution in [0.2, 0.25) is 0 Å². The minimum Gasteiger partial charge on any atom is -0.345 e. The number of amides is 1. The molecule has 0 aliphatic carbocycles. The van der Waals surface area contributed by atoms with Gasteiger partial charge < -0.3 is 4.90 Å². The topological polar surface area (TPSA) is 49.3 Å². The van der Waals surface area contributed by atoms with Crippen LogP contribution in [0, 0.1) is 12.7 Å². The summed E-state index contributed by atoms with van der Waals surface area (Å²) in [6.45, 7) is 3.48. The largest absolute Gasteiger partial charge is 0.345 e. The molecule has 0 unspecified atom stereocenters. The van der Waals surface area contributed by atoms with E-state index in [0.29, 0.717) is 23.4 Å². The first-order valence-electron chi connectivity index (χ1n) is 11.1. The number of piperidine rings is 1. The van der Waals surface area contributed by atoms with Crippen LogP contribution in [-0.2, 0) is 6.54 Å². The highest BCUT2D eigenvalue weighted by Crippen LogP contribution is 2.33. The van der Waals surface area contributed by atoms with Gasteiger partial charge in [0.05, 0.1) is 17.3 Å². The highest BCUT2D eigenvalue weighted by Gasteiger charge is 2.28. The fourth-order valence-corrected chi connectivity index (χ4v) is 4.39. The van der Waals surface area contributed by atoms with Crippen LogP contribution in [-0.4, -0.2) is 46.3 Å². The summed E-state index contributed by atoms with van der Waals surface area (Å²) in [5.41, 5.74) is 3.85. The van der Waals surface area contributed by atoms with Crippen molar-refractivity contribution in [2.24, 2.45) is 0 Å². The fraction of sp³-hybridized carbons (Fsp3) is 0.346. The SMILES string of the molecule is Cc1nc([C@@H]2CCCCN2Cc2ccccc2-c2ccccc2F)ncc1C(=O)N(C)C. The summed E-state index contributed by atoms with van der Waals surface area (Å²) in [5.74, 6) is 0.449. The van der Waals surface area contributed by atoms with Crippen LogP contribution in [0.3, 0.4) is 0 Å². The quantitative estimate of drug-likeness (QED) is 0.568. The predicted molar refractivity (Wildman–Crippen MR) is 124 cm³/mol. The third kappa shape index (κ3) is 4.55. The van der Waals surface area contributed by atoms with Crippen molar-refractivity contribution < 1.29 is 9.18 Å². The van der Waals surface area contributed by atoms with Gasteiger partial charge in [0.25, 0.3) is 5.91 Å². The average Bonchev–Trinajstić information content (AvgIpc) is 2.80. The first-order valence-corrected chi connectivity index (χ1v) is 11.1. The molecule has 4 rings (SSSR count). The Hall–Kier alpha value is -3.12. The smallest absolute Gasteiger partial charge is 0.256 e. The molecule has 0 N–H and O–H groups in total. The number of benzene rings is 2. The first-order chi connectivity index (χ1) is 15.5. The summed E-state index contributed by atoms with van der Waals surface area (Å²) < 4.78 is 14.5. The molecule has 0 radical (unpaired) electrons. The van der Waals surface area contributed by atoms with Crippen LogP contribution in [0.4, 0.5) is 4.39 Å². The molecule has 0 bridgehead atoms. The lowest BCUT2D eigenvalue weighted by atomic mass is 9.96. The lowest BCUT2D eigenvalue weighted by Crippen LogP contribution is -2.34. The number of nitrogens with zero attached hydrogens (tertiary/aromatic N) is 4. The maximum Gasteiger partial charge on any atom is 0.256 e. The molecule has 2 aromatic carbocycles. The lowest BCUT2D eigenvalue weighted by molar-refractivity contribution is 0.0825. The van der Waals surface area contributed by atoms with Crippen molar-refractivity contribution in [1.82, 2.24) is 19.8 Å². The molecule has 3 aromatic rings. The van der Waals surface area contributed by atoms with Crippen LogP contribution in [0.25, 0.3) is 11.1 Å². The van der Waals surface area contributed by atoms with Gasteiger partial charge in [0, 0.05) is 32.4 Å². The number of hydrogen-bond donors (Lipinski definition) is 0. The van der Waals surface area contributed by atoms with Gasteiger partial charge in [-0.2, -0.15) is 0 Å². The number of carbonyl (C=O) groups excluding carboxylic acids is 1. The minimum absolute atomic E-state index is 0.0691. The van der Waals surface area contributed by atoms with Gasteiger partial charge in [-0.3, -0.25) is 9.69 Å². The van der Waals surface area contributed by atoms with E-state index in [4.69, 9.17) is 4.98 Å². The molecule has 1 aliphatic heterocycles. The number of aromatic nitrogens is 2. The van der Waals surface area contributed by atoms with E-state index in [1.54, 1.807) is 26.4 Å². The summed E-state index contributed by atoms with van der Waals surface area (Å²) in [7, 11) is 3.46. The first kappa shape index (κ1) is 22.1. The third-order valence-electron chi connectivity index (χ3n) is 6.10.